The van der Waals surface area contributed by atoms with Crippen LogP contribution in [0.5, 0.6) is 0 Å². The van der Waals surface area contributed by atoms with Crippen LogP contribution in [0.2, 0.25) is 0 Å². The van der Waals surface area contributed by atoms with E-state index in [0.717, 1.165) is 17.3 Å². The van der Waals surface area contributed by atoms with Crippen molar-refractivity contribution < 1.29 is 14.3 Å². The average Bonchev–Trinajstić information content (AvgIpc) is 2.59. The molecule has 0 N–H and O–H groups in total. The Kier molecular flexibility index (Phi) is 4.91. The number of aryl methyl sites for hydroxylation is 2. The highest BCUT2D eigenvalue weighted by atomic mass is 79.9. The molecule has 0 aliphatic heterocycles. The van der Waals surface area contributed by atoms with E-state index in [2.05, 4.69) is 15.9 Å². The highest BCUT2D eigenvalue weighted by Crippen LogP contribution is 2.22. The lowest BCUT2D eigenvalue weighted by atomic mass is 9.90. The number of fused-ring (bicyclic) bond motifs is 1. The van der Waals surface area contributed by atoms with Crippen LogP contribution < -0.4 is 0 Å². The Bertz CT molecular complexity index is 752. The maximum atomic E-state index is 12.2. The molecule has 23 heavy (non-hydrogen) atoms. The molecule has 1 aliphatic rings. The minimum atomic E-state index is -0.488. The first kappa shape index (κ1) is 15.9. The van der Waals surface area contributed by atoms with Gasteiger partial charge in [0.25, 0.3) is 0 Å². The summed E-state index contributed by atoms with van der Waals surface area (Å²) in [5.74, 6) is -0.653. The van der Waals surface area contributed by atoms with Crippen molar-refractivity contribution in [2.45, 2.75) is 25.7 Å². The number of ketones is 1. The third kappa shape index (κ3) is 3.88. The molecule has 0 saturated heterocycles. The predicted octanol–water partition coefficient (Wildman–Crippen LogP) is 4.37. The molecule has 4 heteroatoms. The maximum Gasteiger partial charge on any atom is 0.338 e. The summed E-state index contributed by atoms with van der Waals surface area (Å²) in [4.78, 5) is 24.2. The molecular formula is C19H17BrO3. The average molecular weight is 373 g/mol. The van der Waals surface area contributed by atoms with E-state index in [-0.39, 0.29) is 12.4 Å². The zero-order valence-electron chi connectivity index (χ0n) is 12.7. The Morgan fingerprint density at radius 3 is 2.52 bits per heavy atom. The molecule has 0 radical (unpaired) electrons. The van der Waals surface area contributed by atoms with Crippen molar-refractivity contribution in [1.82, 2.24) is 0 Å². The van der Waals surface area contributed by atoms with Crippen LogP contribution in [0.4, 0.5) is 0 Å². The summed E-state index contributed by atoms with van der Waals surface area (Å²) in [5, 5.41) is 0. The molecule has 0 atom stereocenters. The second-order valence-electron chi connectivity index (χ2n) is 5.70. The van der Waals surface area contributed by atoms with E-state index < -0.39 is 5.97 Å². The number of carbonyl (C=O) groups is 2. The molecule has 0 heterocycles. The molecule has 0 aromatic heterocycles. The van der Waals surface area contributed by atoms with Crippen LogP contribution in [0.25, 0.3) is 0 Å². The van der Waals surface area contributed by atoms with Gasteiger partial charge in [0, 0.05) is 10.0 Å². The summed E-state index contributed by atoms with van der Waals surface area (Å²) in [6.45, 7) is -0.232. The smallest absolute Gasteiger partial charge is 0.338 e. The Hall–Kier alpha value is -1.94. The van der Waals surface area contributed by atoms with Crippen LogP contribution in [0, 0.1) is 0 Å². The molecule has 0 saturated carbocycles. The molecule has 0 unspecified atom stereocenters. The van der Waals surface area contributed by atoms with Gasteiger partial charge in [-0.2, -0.15) is 0 Å². The molecule has 1 aliphatic carbocycles. The third-order valence-electron chi connectivity index (χ3n) is 4.07. The van der Waals surface area contributed by atoms with Gasteiger partial charge in [-0.1, -0.05) is 34.1 Å². The van der Waals surface area contributed by atoms with Gasteiger partial charge in [-0.05, 0) is 61.1 Å². The molecule has 3 nitrogen and oxygen atoms in total. The summed E-state index contributed by atoms with van der Waals surface area (Å²) >= 11 is 3.31. The molecule has 0 bridgehead atoms. The van der Waals surface area contributed by atoms with Crippen molar-refractivity contribution in [3.05, 3.63) is 69.2 Å². The Morgan fingerprint density at radius 1 is 0.957 bits per heavy atom. The van der Waals surface area contributed by atoms with E-state index in [1.165, 1.54) is 24.0 Å². The van der Waals surface area contributed by atoms with Gasteiger partial charge in [0.05, 0.1) is 5.56 Å². The Morgan fingerprint density at radius 2 is 1.74 bits per heavy atom. The van der Waals surface area contributed by atoms with Gasteiger partial charge < -0.3 is 4.74 Å². The van der Waals surface area contributed by atoms with E-state index in [0.29, 0.717) is 11.1 Å². The lowest BCUT2D eigenvalue weighted by molar-refractivity contribution is 0.0474. The van der Waals surface area contributed by atoms with Crippen LogP contribution in [0.3, 0.4) is 0 Å². The molecule has 0 spiro atoms. The zero-order valence-corrected chi connectivity index (χ0v) is 14.3. The number of esters is 1. The van der Waals surface area contributed by atoms with E-state index >= 15 is 0 Å². The lowest BCUT2D eigenvalue weighted by Gasteiger charge is -2.16. The van der Waals surface area contributed by atoms with Gasteiger partial charge in [0.1, 0.15) is 0 Å². The normalized spacial score (nSPS) is 13.3. The first-order chi connectivity index (χ1) is 11.1. The number of Topliss-reactive ketones (excluding diaryl/α,β-unsaturated/α-hetero) is 1. The topological polar surface area (TPSA) is 43.4 Å². The van der Waals surface area contributed by atoms with E-state index in [9.17, 15) is 9.59 Å². The van der Waals surface area contributed by atoms with Crippen LogP contribution >= 0.6 is 15.9 Å². The van der Waals surface area contributed by atoms with Crippen LogP contribution in [-0.4, -0.2) is 18.4 Å². The summed E-state index contributed by atoms with van der Waals surface area (Å²) in [6.07, 6.45) is 4.49. The second-order valence-corrected chi connectivity index (χ2v) is 6.62. The third-order valence-corrected chi connectivity index (χ3v) is 4.56. The summed E-state index contributed by atoms with van der Waals surface area (Å²) in [6, 6.07) is 12.7. The van der Waals surface area contributed by atoms with Gasteiger partial charge in [0.2, 0.25) is 0 Å². The first-order valence-electron chi connectivity index (χ1n) is 7.71. The zero-order chi connectivity index (χ0) is 16.2. The fourth-order valence-corrected chi connectivity index (χ4v) is 3.22. The van der Waals surface area contributed by atoms with E-state index in [1.54, 1.807) is 18.2 Å². The van der Waals surface area contributed by atoms with Crippen LogP contribution in [-0.2, 0) is 17.6 Å². The van der Waals surface area contributed by atoms with Crippen molar-refractivity contribution in [3.8, 4) is 0 Å². The monoisotopic (exact) mass is 372 g/mol. The van der Waals surface area contributed by atoms with Gasteiger partial charge in [0.15, 0.2) is 12.4 Å². The fraction of sp³-hybridized carbons (Fsp3) is 0.263. The number of rotatable bonds is 4. The number of hydrogen-bond donors (Lipinski definition) is 0. The lowest BCUT2D eigenvalue weighted by Crippen LogP contribution is -2.15. The molecule has 0 fully saturated rings. The quantitative estimate of drug-likeness (QED) is 0.591. The predicted molar refractivity (Wildman–Crippen MR) is 91.8 cm³/mol. The van der Waals surface area contributed by atoms with Gasteiger partial charge in [-0.15, -0.1) is 0 Å². The minimum Gasteiger partial charge on any atom is -0.454 e. The summed E-state index contributed by atoms with van der Waals surface area (Å²) < 4.78 is 5.93. The number of halogens is 1. The number of benzene rings is 2. The molecule has 2 aromatic carbocycles. The van der Waals surface area contributed by atoms with E-state index in [1.807, 2.05) is 24.3 Å². The second kappa shape index (κ2) is 7.09. The van der Waals surface area contributed by atoms with E-state index in [4.69, 9.17) is 4.74 Å². The number of ether oxygens (including phenoxy) is 1. The van der Waals surface area contributed by atoms with Crippen molar-refractivity contribution >= 4 is 27.7 Å². The summed E-state index contributed by atoms with van der Waals surface area (Å²) in [7, 11) is 0. The summed E-state index contributed by atoms with van der Waals surface area (Å²) in [5.41, 5.74) is 3.63. The Balaban J connectivity index is 1.64. The van der Waals surface area contributed by atoms with Gasteiger partial charge >= 0.3 is 5.97 Å². The van der Waals surface area contributed by atoms with Crippen molar-refractivity contribution in [2.75, 3.05) is 6.61 Å². The van der Waals surface area contributed by atoms with Crippen LogP contribution in [0.15, 0.2) is 46.9 Å². The first-order valence-corrected chi connectivity index (χ1v) is 8.50. The van der Waals surface area contributed by atoms with Crippen molar-refractivity contribution in [1.29, 1.82) is 0 Å². The molecule has 0 amide bonds. The largest absolute Gasteiger partial charge is 0.454 e. The highest BCUT2D eigenvalue weighted by Gasteiger charge is 2.15. The molecular weight excluding hydrogens is 356 g/mol. The minimum absolute atomic E-state index is 0.165. The SMILES string of the molecule is O=C(COC(=O)c1cccc(Br)c1)c1ccc2c(c1)CCCC2. The van der Waals surface area contributed by atoms with Crippen LogP contribution in [0.1, 0.15) is 44.7 Å². The van der Waals surface area contributed by atoms with Gasteiger partial charge in [-0.25, -0.2) is 4.79 Å². The highest BCUT2D eigenvalue weighted by molar-refractivity contribution is 9.10. The molecule has 2 aromatic rings. The van der Waals surface area contributed by atoms with Crippen molar-refractivity contribution in [2.24, 2.45) is 0 Å². The number of hydrogen-bond acceptors (Lipinski definition) is 3. The van der Waals surface area contributed by atoms with Gasteiger partial charge in [-0.3, -0.25) is 4.79 Å². The Labute approximate surface area is 143 Å². The van der Waals surface area contributed by atoms with Crippen molar-refractivity contribution in [3.63, 3.8) is 0 Å². The molecule has 118 valence electrons. The standard InChI is InChI=1S/C19H17BrO3/c20-17-7-3-6-16(11-17)19(22)23-12-18(21)15-9-8-13-4-1-2-5-14(13)10-15/h3,6-11H,1-2,4-5,12H2. The fourth-order valence-electron chi connectivity index (χ4n) is 2.82. The number of carbonyl (C=O) groups excluding carboxylic acids is 2. The maximum absolute atomic E-state index is 12.2. The molecule has 3 rings (SSSR count).